The van der Waals surface area contributed by atoms with Crippen LogP contribution in [0.1, 0.15) is 10.4 Å². The molecule has 0 saturated heterocycles. The third-order valence-corrected chi connectivity index (χ3v) is 2.71. The molecule has 14 heavy (non-hydrogen) atoms. The van der Waals surface area contributed by atoms with Crippen LogP contribution in [0.5, 0.6) is 0 Å². The highest BCUT2D eigenvalue weighted by molar-refractivity contribution is 7.18. The van der Waals surface area contributed by atoms with Gasteiger partial charge in [0.05, 0.1) is 4.88 Å². The molecule has 4 heteroatoms. The van der Waals surface area contributed by atoms with E-state index < -0.39 is 0 Å². The Balaban J connectivity index is 2.46. The Kier molecular flexibility index (Phi) is 2.28. The molecule has 0 aliphatic rings. The molecule has 0 aliphatic carbocycles. The van der Waals surface area contributed by atoms with Crippen molar-refractivity contribution >= 4 is 22.8 Å². The van der Waals surface area contributed by atoms with E-state index in [9.17, 15) is 4.79 Å². The minimum atomic E-state index is 0.538. The van der Waals surface area contributed by atoms with Gasteiger partial charge in [0.1, 0.15) is 6.29 Å². The second kappa shape index (κ2) is 3.59. The van der Waals surface area contributed by atoms with Crippen LogP contribution in [-0.4, -0.2) is 11.3 Å². The average molecular weight is 204 g/mol. The molecular weight excluding hydrogens is 196 g/mol. The number of nitrogens with zero attached hydrogens (tertiary/aromatic N) is 1. The summed E-state index contributed by atoms with van der Waals surface area (Å²) in [5, 5.41) is 0.538. The number of aldehydes is 1. The molecule has 0 unspecified atom stereocenters. The van der Waals surface area contributed by atoms with Crippen molar-refractivity contribution in [1.82, 2.24) is 4.98 Å². The molecule has 0 bridgehead atoms. The summed E-state index contributed by atoms with van der Waals surface area (Å²) >= 11 is 1.41. The fourth-order valence-electron chi connectivity index (χ4n) is 1.19. The Bertz CT molecular complexity index is 465. The molecule has 2 aromatic rings. The van der Waals surface area contributed by atoms with E-state index in [4.69, 9.17) is 5.73 Å². The van der Waals surface area contributed by atoms with E-state index in [1.165, 1.54) is 11.3 Å². The lowest BCUT2D eigenvalue weighted by atomic mass is 10.1. The largest absolute Gasteiger partial charge is 0.375 e. The van der Waals surface area contributed by atoms with Crippen LogP contribution in [0.4, 0.5) is 5.13 Å². The summed E-state index contributed by atoms with van der Waals surface area (Å²) in [5.74, 6) is 0. The maximum Gasteiger partial charge on any atom is 0.180 e. The molecule has 0 fully saturated rings. The molecular formula is C10H8N2OS. The van der Waals surface area contributed by atoms with Crippen molar-refractivity contribution in [2.75, 3.05) is 5.73 Å². The van der Waals surface area contributed by atoms with Crippen LogP contribution in [0, 0.1) is 0 Å². The van der Waals surface area contributed by atoms with Crippen molar-refractivity contribution in [2.24, 2.45) is 0 Å². The van der Waals surface area contributed by atoms with E-state index >= 15 is 0 Å². The number of nitrogens with two attached hydrogens (primary N) is 1. The molecule has 0 aliphatic heterocycles. The van der Waals surface area contributed by atoms with Crippen LogP contribution in [-0.2, 0) is 0 Å². The quantitative estimate of drug-likeness (QED) is 0.763. The van der Waals surface area contributed by atoms with Crippen LogP contribution in [0.25, 0.3) is 10.4 Å². The molecule has 1 aromatic carbocycles. The molecule has 0 saturated carbocycles. The predicted octanol–water partition coefficient (Wildman–Crippen LogP) is 2.20. The number of carbonyl (C=O) groups is 1. The van der Waals surface area contributed by atoms with E-state index in [2.05, 4.69) is 4.98 Å². The van der Waals surface area contributed by atoms with Crippen molar-refractivity contribution in [3.8, 4) is 10.4 Å². The van der Waals surface area contributed by atoms with Gasteiger partial charge in [0.25, 0.3) is 0 Å². The SMILES string of the molecule is Nc1ncc(-c2cccc(C=O)c2)s1. The van der Waals surface area contributed by atoms with E-state index in [0.29, 0.717) is 10.7 Å². The maximum absolute atomic E-state index is 10.6. The Morgan fingerprint density at radius 2 is 2.29 bits per heavy atom. The van der Waals surface area contributed by atoms with Gasteiger partial charge in [-0.25, -0.2) is 4.98 Å². The van der Waals surface area contributed by atoms with Crippen LogP contribution in [0.2, 0.25) is 0 Å². The van der Waals surface area contributed by atoms with Crippen LogP contribution in [0.3, 0.4) is 0 Å². The van der Waals surface area contributed by atoms with E-state index in [1.807, 2.05) is 18.2 Å². The van der Waals surface area contributed by atoms with E-state index in [-0.39, 0.29) is 0 Å². The van der Waals surface area contributed by atoms with E-state index in [1.54, 1.807) is 12.3 Å². The van der Waals surface area contributed by atoms with Gasteiger partial charge >= 0.3 is 0 Å². The number of anilines is 1. The first-order valence-electron chi connectivity index (χ1n) is 4.06. The van der Waals surface area contributed by atoms with Gasteiger partial charge in [-0.05, 0) is 11.6 Å². The zero-order chi connectivity index (χ0) is 9.97. The third kappa shape index (κ3) is 1.65. The predicted molar refractivity (Wildman–Crippen MR) is 57.3 cm³/mol. The lowest BCUT2D eigenvalue weighted by Gasteiger charge is -1.96. The minimum absolute atomic E-state index is 0.538. The number of aromatic nitrogens is 1. The number of thiazole rings is 1. The molecule has 70 valence electrons. The van der Waals surface area contributed by atoms with Crippen molar-refractivity contribution in [1.29, 1.82) is 0 Å². The number of rotatable bonds is 2. The van der Waals surface area contributed by atoms with Crippen LogP contribution in [0.15, 0.2) is 30.5 Å². The first-order valence-corrected chi connectivity index (χ1v) is 4.88. The summed E-state index contributed by atoms with van der Waals surface area (Å²) in [6.07, 6.45) is 2.54. The lowest BCUT2D eigenvalue weighted by molar-refractivity contribution is 0.112. The maximum atomic E-state index is 10.6. The average Bonchev–Trinajstić information content (AvgIpc) is 2.65. The zero-order valence-corrected chi connectivity index (χ0v) is 8.12. The van der Waals surface area contributed by atoms with Crippen LogP contribution >= 0.6 is 11.3 Å². The smallest absolute Gasteiger partial charge is 0.180 e. The summed E-state index contributed by atoms with van der Waals surface area (Å²) < 4.78 is 0. The van der Waals surface area contributed by atoms with Gasteiger partial charge < -0.3 is 5.73 Å². The Morgan fingerprint density at radius 1 is 1.43 bits per heavy atom. The second-order valence-electron chi connectivity index (χ2n) is 2.81. The first-order chi connectivity index (χ1) is 6.79. The van der Waals surface area contributed by atoms with Crippen molar-refractivity contribution in [3.05, 3.63) is 36.0 Å². The number of hydrogen-bond acceptors (Lipinski definition) is 4. The number of carbonyl (C=O) groups excluding carboxylic acids is 1. The molecule has 0 amide bonds. The molecule has 2 rings (SSSR count). The van der Waals surface area contributed by atoms with Gasteiger partial charge in [0.15, 0.2) is 5.13 Å². The molecule has 1 aromatic heterocycles. The Labute approximate surface area is 85.2 Å². The molecule has 3 nitrogen and oxygen atoms in total. The monoisotopic (exact) mass is 204 g/mol. The molecule has 2 N–H and O–H groups in total. The number of hydrogen-bond donors (Lipinski definition) is 1. The van der Waals surface area contributed by atoms with Crippen molar-refractivity contribution < 1.29 is 4.79 Å². The number of benzene rings is 1. The summed E-state index contributed by atoms with van der Waals surface area (Å²) in [7, 11) is 0. The lowest BCUT2D eigenvalue weighted by Crippen LogP contribution is -1.79. The summed E-state index contributed by atoms with van der Waals surface area (Å²) in [4.78, 5) is 15.5. The summed E-state index contributed by atoms with van der Waals surface area (Å²) in [6.45, 7) is 0. The summed E-state index contributed by atoms with van der Waals surface area (Å²) in [5.41, 5.74) is 7.16. The molecule has 0 radical (unpaired) electrons. The van der Waals surface area contributed by atoms with Gasteiger partial charge in [-0.2, -0.15) is 0 Å². The topological polar surface area (TPSA) is 56.0 Å². The second-order valence-corrected chi connectivity index (χ2v) is 3.87. The van der Waals surface area contributed by atoms with Gasteiger partial charge in [-0.3, -0.25) is 4.79 Å². The standard InChI is InChI=1S/C10H8N2OS/c11-10-12-5-9(14-10)8-3-1-2-7(4-8)6-13/h1-6H,(H2,11,12). The highest BCUT2D eigenvalue weighted by Crippen LogP contribution is 2.27. The first kappa shape index (κ1) is 8.90. The van der Waals surface area contributed by atoms with Gasteiger partial charge in [-0.1, -0.05) is 29.5 Å². The Morgan fingerprint density at radius 3 is 2.93 bits per heavy atom. The van der Waals surface area contributed by atoms with Gasteiger partial charge in [0, 0.05) is 11.8 Å². The highest BCUT2D eigenvalue weighted by Gasteiger charge is 2.02. The van der Waals surface area contributed by atoms with E-state index in [0.717, 1.165) is 16.7 Å². The third-order valence-electron chi connectivity index (χ3n) is 1.83. The normalized spacial score (nSPS) is 10.0. The fourth-order valence-corrected chi connectivity index (χ4v) is 1.87. The van der Waals surface area contributed by atoms with Gasteiger partial charge in [-0.15, -0.1) is 0 Å². The number of nitrogen functional groups attached to an aromatic ring is 1. The van der Waals surface area contributed by atoms with Crippen LogP contribution < -0.4 is 5.73 Å². The zero-order valence-electron chi connectivity index (χ0n) is 7.31. The molecule has 0 atom stereocenters. The highest BCUT2D eigenvalue weighted by atomic mass is 32.1. The fraction of sp³-hybridized carbons (Fsp3) is 0. The minimum Gasteiger partial charge on any atom is -0.375 e. The summed E-state index contributed by atoms with van der Waals surface area (Å²) in [6, 6.07) is 7.36. The van der Waals surface area contributed by atoms with Gasteiger partial charge in [0.2, 0.25) is 0 Å². The molecule has 0 spiro atoms. The van der Waals surface area contributed by atoms with Crippen molar-refractivity contribution in [2.45, 2.75) is 0 Å². The Hall–Kier alpha value is -1.68. The van der Waals surface area contributed by atoms with Crippen molar-refractivity contribution in [3.63, 3.8) is 0 Å². The molecule has 1 heterocycles.